The Morgan fingerprint density at radius 1 is 1.37 bits per heavy atom. The molecule has 1 amide bonds. The van der Waals surface area contributed by atoms with Crippen LogP contribution in [0.15, 0.2) is 18.2 Å². The number of nitrogens with zero attached hydrogens (tertiary/aromatic N) is 1. The Labute approximate surface area is 108 Å². The summed E-state index contributed by atoms with van der Waals surface area (Å²) in [4.78, 5) is 31.6. The van der Waals surface area contributed by atoms with E-state index in [1.807, 2.05) is 0 Å². The Hall–Kier alpha value is -2.64. The fourth-order valence-electron chi connectivity index (χ4n) is 1.41. The minimum atomic E-state index is -1.17. The van der Waals surface area contributed by atoms with Gasteiger partial charge in [-0.3, -0.25) is 14.9 Å². The highest BCUT2D eigenvalue weighted by Crippen LogP contribution is 2.25. The number of nitro benzene ring substituents is 1. The van der Waals surface area contributed by atoms with Crippen molar-refractivity contribution < 1.29 is 19.6 Å². The van der Waals surface area contributed by atoms with E-state index in [0.29, 0.717) is 0 Å². The van der Waals surface area contributed by atoms with Crippen molar-refractivity contribution in [3.63, 3.8) is 0 Å². The smallest absolute Gasteiger partial charge is 0.335 e. The normalized spacial score (nSPS) is 9.74. The summed E-state index contributed by atoms with van der Waals surface area (Å²) in [6, 6.07) is 3.48. The fraction of sp³-hybridized carbons (Fsp3) is 0.273. The molecule has 0 unspecified atom stereocenters. The first-order valence-electron chi connectivity index (χ1n) is 5.42. The van der Waals surface area contributed by atoms with Gasteiger partial charge in [0.15, 0.2) is 0 Å². The van der Waals surface area contributed by atoms with E-state index in [-0.39, 0.29) is 35.9 Å². The van der Waals surface area contributed by atoms with Gasteiger partial charge in [0.05, 0.1) is 10.5 Å². The van der Waals surface area contributed by atoms with Crippen LogP contribution in [0.5, 0.6) is 0 Å². The SMILES string of the molecule is CC(=O)NCCNc1cc(C(=O)O)ccc1[N+](=O)[O-]. The zero-order valence-electron chi connectivity index (χ0n) is 10.2. The quantitative estimate of drug-likeness (QED) is 0.399. The molecule has 3 N–H and O–H groups in total. The van der Waals surface area contributed by atoms with Gasteiger partial charge < -0.3 is 15.7 Å². The van der Waals surface area contributed by atoms with E-state index in [0.717, 1.165) is 6.07 Å². The number of carbonyl (C=O) groups is 2. The summed E-state index contributed by atoms with van der Waals surface area (Å²) in [6.07, 6.45) is 0. The molecule has 0 aliphatic rings. The third-order valence-corrected chi connectivity index (χ3v) is 2.25. The minimum Gasteiger partial charge on any atom is -0.478 e. The van der Waals surface area contributed by atoms with Gasteiger partial charge in [-0.2, -0.15) is 0 Å². The van der Waals surface area contributed by atoms with Crippen molar-refractivity contribution in [2.75, 3.05) is 18.4 Å². The van der Waals surface area contributed by atoms with Crippen molar-refractivity contribution in [2.24, 2.45) is 0 Å². The Morgan fingerprint density at radius 3 is 2.58 bits per heavy atom. The zero-order valence-corrected chi connectivity index (χ0v) is 10.2. The number of carboxylic acid groups (broad SMARTS) is 1. The molecule has 0 fully saturated rings. The van der Waals surface area contributed by atoms with Crippen LogP contribution < -0.4 is 10.6 Å². The lowest BCUT2D eigenvalue weighted by atomic mass is 10.1. The summed E-state index contributed by atoms with van der Waals surface area (Å²) in [5, 5.41) is 24.9. The van der Waals surface area contributed by atoms with Crippen LogP contribution in [0.2, 0.25) is 0 Å². The summed E-state index contributed by atoms with van der Waals surface area (Å²) in [7, 11) is 0. The monoisotopic (exact) mass is 267 g/mol. The maximum atomic E-state index is 10.8. The number of hydrogen-bond acceptors (Lipinski definition) is 5. The molecule has 1 aromatic rings. The summed E-state index contributed by atoms with van der Waals surface area (Å²) in [5.74, 6) is -1.38. The van der Waals surface area contributed by atoms with Crippen LogP contribution >= 0.6 is 0 Å². The van der Waals surface area contributed by atoms with Gasteiger partial charge in [-0.15, -0.1) is 0 Å². The van der Waals surface area contributed by atoms with Gasteiger partial charge in [-0.1, -0.05) is 0 Å². The lowest BCUT2D eigenvalue weighted by Gasteiger charge is -2.08. The number of amides is 1. The van der Waals surface area contributed by atoms with Gasteiger partial charge >= 0.3 is 5.97 Å². The summed E-state index contributed by atoms with van der Waals surface area (Å²) in [5.41, 5.74) is -0.157. The molecule has 1 aromatic carbocycles. The third kappa shape index (κ3) is 4.26. The first-order valence-corrected chi connectivity index (χ1v) is 5.42. The molecule has 0 aliphatic carbocycles. The van der Waals surface area contributed by atoms with Crippen LogP contribution in [0.4, 0.5) is 11.4 Å². The van der Waals surface area contributed by atoms with Gasteiger partial charge in [0, 0.05) is 26.1 Å². The number of carboxylic acids is 1. The second kappa shape index (κ2) is 6.34. The van der Waals surface area contributed by atoms with E-state index >= 15 is 0 Å². The van der Waals surface area contributed by atoms with E-state index in [2.05, 4.69) is 10.6 Å². The number of nitro groups is 1. The van der Waals surface area contributed by atoms with Gasteiger partial charge in [0.2, 0.25) is 5.91 Å². The molecule has 0 spiro atoms. The highest BCUT2D eigenvalue weighted by atomic mass is 16.6. The Morgan fingerprint density at radius 2 is 2.05 bits per heavy atom. The highest BCUT2D eigenvalue weighted by molar-refractivity contribution is 5.90. The van der Waals surface area contributed by atoms with E-state index < -0.39 is 10.9 Å². The standard InChI is InChI=1S/C11H13N3O5/c1-7(15)12-4-5-13-9-6-8(11(16)17)2-3-10(9)14(18)19/h2-3,6,13H,4-5H2,1H3,(H,12,15)(H,16,17). The topological polar surface area (TPSA) is 122 Å². The van der Waals surface area contributed by atoms with E-state index in [1.54, 1.807) is 0 Å². The van der Waals surface area contributed by atoms with Crippen LogP contribution in [-0.2, 0) is 4.79 Å². The Kier molecular flexibility index (Phi) is 4.81. The average Bonchev–Trinajstić information content (AvgIpc) is 2.33. The van der Waals surface area contributed by atoms with Crippen molar-refractivity contribution in [3.05, 3.63) is 33.9 Å². The molecular formula is C11H13N3O5. The molecule has 0 atom stereocenters. The lowest BCUT2D eigenvalue weighted by molar-refractivity contribution is -0.384. The van der Waals surface area contributed by atoms with Crippen molar-refractivity contribution in [3.8, 4) is 0 Å². The number of rotatable bonds is 6. The van der Waals surface area contributed by atoms with Crippen molar-refractivity contribution in [2.45, 2.75) is 6.92 Å². The van der Waals surface area contributed by atoms with E-state index in [9.17, 15) is 19.7 Å². The molecule has 8 heteroatoms. The number of benzene rings is 1. The van der Waals surface area contributed by atoms with Crippen molar-refractivity contribution >= 4 is 23.3 Å². The van der Waals surface area contributed by atoms with Gasteiger partial charge in [0.25, 0.3) is 5.69 Å². The Balaban J connectivity index is 2.82. The molecule has 0 heterocycles. The van der Waals surface area contributed by atoms with Crippen molar-refractivity contribution in [1.82, 2.24) is 5.32 Å². The highest BCUT2D eigenvalue weighted by Gasteiger charge is 2.16. The second-order valence-electron chi connectivity index (χ2n) is 3.70. The molecule has 0 aliphatic heterocycles. The van der Waals surface area contributed by atoms with Gasteiger partial charge in [0.1, 0.15) is 5.69 Å². The maximum Gasteiger partial charge on any atom is 0.335 e. The number of nitrogens with one attached hydrogen (secondary N) is 2. The van der Waals surface area contributed by atoms with Crippen LogP contribution in [0, 0.1) is 10.1 Å². The molecule has 8 nitrogen and oxygen atoms in total. The fourth-order valence-corrected chi connectivity index (χ4v) is 1.41. The largest absolute Gasteiger partial charge is 0.478 e. The average molecular weight is 267 g/mol. The Bertz CT molecular complexity index is 515. The number of aromatic carboxylic acids is 1. The van der Waals surface area contributed by atoms with E-state index in [1.165, 1.54) is 19.1 Å². The third-order valence-electron chi connectivity index (χ3n) is 2.25. The van der Waals surface area contributed by atoms with Crippen LogP contribution in [0.1, 0.15) is 17.3 Å². The first-order chi connectivity index (χ1) is 8.91. The molecular weight excluding hydrogens is 254 g/mol. The van der Waals surface area contributed by atoms with Crippen LogP contribution in [0.3, 0.4) is 0 Å². The number of hydrogen-bond donors (Lipinski definition) is 3. The molecule has 0 aromatic heterocycles. The summed E-state index contributed by atoms with van der Waals surface area (Å²) in [6.45, 7) is 1.89. The molecule has 0 bridgehead atoms. The van der Waals surface area contributed by atoms with Gasteiger partial charge in [-0.25, -0.2) is 4.79 Å². The number of carbonyl (C=O) groups excluding carboxylic acids is 1. The summed E-state index contributed by atoms with van der Waals surface area (Å²) >= 11 is 0. The van der Waals surface area contributed by atoms with E-state index in [4.69, 9.17) is 5.11 Å². The zero-order chi connectivity index (χ0) is 14.4. The molecule has 19 heavy (non-hydrogen) atoms. The lowest BCUT2D eigenvalue weighted by Crippen LogP contribution is -2.26. The molecule has 0 saturated carbocycles. The predicted octanol–water partition coefficient (Wildman–Crippen LogP) is 0.841. The van der Waals surface area contributed by atoms with Gasteiger partial charge in [-0.05, 0) is 12.1 Å². The summed E-state index contributed by atoms with van der Waals surface area (Å²) < 4.78 is 0. The molecule has 0 saturated heterocycles. The minimum absolute atomic E-state index is 0.0485. The number of anilines is 1. The maximum absolute atomic E-state index is 10.8. The molecule has 102 valence electrons. The van der Waals surface area contributed by atoms with Crippen LogP contribution in [-0.4, -0.2) is 35.0 Å². The second-order valence-corrected chi connectivity index (χ2v) is 3.70. The first kappa shape index (κ1) is 14.4. The molecule has 1 rings (SSSR count). The molecule has 0 radical (unpaired) electrons. The predicted molar refractivity (Wildman–Crippen MR) is 67.2 cm³/mol. The van der Waals surface area contributed by atoms with Crippen molar-refractivity contribution in [1.29, 1.82) is 0 Å². The van der Waals surface area contributed by atoms with Crippen LogP contribution in [0.25, 0.3) is 0 Å².